The van der Waals surface area contributed by atoms with Crippen LogP contribution in [0, 0.1) is 10.1 Å². The number of rotatable bonds is 4. The number of non-ortho nitro benzene ring substituents is 1. The normalized spacial score (nSPS) is 18.7. The Hall–Kier alpha value is -3.66. The van der Waals surface area contributed by atoms with Gasteiger partial charge in [0.15, 0.2) is 11.4 Å². The Bertz CT molecular complexity index is 945. The number of nitrogens with zero attached hydrogens (tertiary/aromatic N) is 4. The molecule has 0 saturated heterocycles. The van der Waals surface area contributed by atoms with E-state index in [4.69, 9.17) is 0 Å². The SMILES string of the molecule is COC(=O)C1=NN(C(=O)c2cccnc2)[C@@](O)(c2cccc([N+](=O)[O-])c2)C1. The molecule has 27 heavy (non-hydrogen) atoms. The van der Waals surface area contributed by atoms with E-state index in [-0.39, 0.29) is 28.9 Å². The summed E-state index contributed by atoms with van der Waals surface area (Å²) in [6.07, 6.45) is 2.37. The molecule has 2 aromatic rings. The Morgan fingerprint density at radius 3 is 2.74 bits per heavy atom. The van der Waals surface area contributed by atoms with Crippen molar-refractivity contribution in [1.82, 2.24) is 9.99 Å². The molecule has 1 atom stereocenters. The molecule has 10 heteroatoms. The third-order valence-electron chi connectivity index (χ3n) is 4.03. The smallest absolute Gasteiger partial charge is 0.354 e. The molecule has 138 valence electrons. The van der Waals surface area contributed by atoms with Crippen molar-refractivity contribution in [3.05, 3.63) is 70.0 Å². The molecule has 1 aromatic carbocycles. The predicted octanol–water partition coefficient (Wildman–Crippen LogP) is 1.21. The summed E-state index contributed by atoms with van der Waals surface area (Å²) < 4.78 is 4.62. The molecule has 1 aliphatic rings. The summed E-state index contributed by atoms with van der Waals surface area (Å²) in [5, 5.41) is 26.9. The van der Waals surface area contributed by atoms with Crippen molar-refractivity contribution >= 4 is 23.3 Å². The Labute approximate surface area is 152 Å². The van der Waals surface area contributed by atoms with Crippen LogP contribution in [0.15, 0.2) is 53.9 Å². The number of aliphatic hydroxyl groups is 1. The topological polar surface area (TPSA) is 135 Å². The van der Waals surface area contributed by atoms with E-state index >= 15 is 0 Å². The van der Waals surface area contributed by atoms with Gasteiger partial charge in [0.1, 0.15) is 0 Å². The number of benzene rings is 1. The molecule has 0 unspecified atom stereocenters. The first-order chi connectivity index (χ1) is 12.9. The first kappa shape index (κ1) is 18.1. The second-order valence-electron chi connectivity index (χ2n) is 5.70. The molecule has 0 radical (unpaired) electrons. The fourth-order valence-corrected chi connectivity index (χ4v) is 2.70. The molecule has 0 aliphatic carbocycles. The van der Waals surface area contributed by atoms with Crippen molar-refractivity contribution in [2.24, 2.45) is 5.10 Å². The largest absolute Gasteiger partial charge is 0.464 e. The average molecular weight is 370 g/mol. The van der Waals surface area contributed by atoms with E-state index in [9.17, 15) is 24.8 Å². The number of aromatic nitrogens is 1. The molecular formula is C17H14N4O6. The summed E-state index contributed by atoms with van der Waals surface area (Å²) in [4.78, 5) is 39.0. The van der Waals surface area contributed by atoms with Crippen molar-refractivity contribution in [2.45, 2.75) is 12.1 Å². The summed E-state index contributed by atoms with van der Waals surface area (Å²) >= 11 is 0. The van der Waals surface area contributed by atoms with Crippen LogP contribution in [0.1, 0.15) is 22.3 Å². The van der Waals surface area contributed by atoms with E-state index in [0.29, 0.717) is 0 Å². The highest BCUT2D eigenvalue weighted by Crippen LogP contribution is 2.37. The number of nitro groups is 1. The van der Waals surface area contributed by atoms with Crippen LogP contribution in [-0.4, -0.2) is 44.7 Å². The quantitative estimate of drug-likeness (QED) is 0.485. The number of pyridine rings is 1. The number of nitro benzene ring substituents is 1. The van der Waals surface area contributed by atoms with E-state index in [1.165, 1.54) is 42.7 Å². The standard InChI is InChI=1S/C17H14N4O6/c1-27-16(23)14-9-17(24,12-5-2-6-13(8-12)21(25)26)20(19-14)15(22)11-4-3-7-18-10-11/h2-8,10,24H,9H2,1H3/t17-/m0/s1. The summed E-state index contributed by atoms with van der Waals surface area (Å²) in [5.74, 6) is -1.55. The highest BCUT2D eigenvalue weighted by Gasteiger charge is 2.48. The van der Waals surface area contributed by atoms with Crippen LogP contribution in [0.4, 0.5) is 5.69 Å². The van der Waals surface area contributed by atoms with Gasteiger partial charge in [0.25, 0.3) is 11.6 Å². The molecule has 0 saturated carbocycles. The highest BCUT2D eigenvalue weighted by atomic mass is 16.6. The zero-order valence-electron chi connectivity index (χ0n) is 14.1. The number of methoxy groups -OCH3 is 1. The van der Waals surface area contributed by atoms with E-state index in [2.05, 4.69) is 14.8 Å². The molecule has 0 fully saturated rings. The number of carbonyl (C=O) groups is 2. The van der Waals surface area contributed by atoms with Crippen LogP contribution < -0.4 is 0 Å². The van der Waals surface area contributed by atoms with Crippen molar-refractivity contribution in [1.29, 1.82) is 0 Å². The number of ether oxygens (including phenoxy) is 1. The maximum atomic E-state index is 12.8. The third-order valence-corrected chi connectivity index (χ3v) is 4.03. The van der Waals surface area contributed by atoms with Gasteiger partial charge in [0.2, 0.25) is 0 Å². The van der Waals surface area contributed by atoms with Crippen LogP contribution in [-0.2, 0) is 15.3 Å². The third kappa shape index (κ3) is 3.25. The van der Waals surface area contributed by atoms with E-state index in [0.717, 1.165) is 18.2 Å². The maximum Gasteiger partial charge on any atom is 0.354 e. The highest BCUT2D eigenvalue weighted by molar-refractivity contribution is 6.37. The van der Waals surface area contributed by atoms with E-state index in [1.54, 1.807) is 0 Å². The fraction of sp³-hybridized carbons (Fsp3) is 0.176. The molecule has 0 spiro atoms. The lowest BCUT2D eigenvalue weighted by Gasteiger charge is -2.31. The van der Waals surface area contributed by atoms with Gasteiger partial charge < -0.3 is 9.84 Å². The van der Waals surface area contributed by atoms with Gasteiger partial charge in [0.05, 0.1) is 24.0 Å². The zero-order valence-corrected chi connectivity index (χ0v) is 14.1. The van der Waals surface area contributed by atoms with E-state index < -0.39 is 22.5 Å². The Morgan fingerprint density at radius 1 is 1.33 bits per heavy atom. The fourth-order valence-electron chi connectivity index (χ4n) is 2.70. The van der Waals surface area contributed by atoms with Gasteiger partial charge in [-0.25, -0.2) is 4.79 Å². The van der Waals surface area contributed by atoms with Crippen molar-refractivity contribution < 1.29 is 24.4 Å². The number of amides is 1. The molecule has 1 aliphatic heterocycles. The van der Waals surface area contributed by atoms with Gasteiger partial charge in [-0.2, -0.15) is 10.1 Å². The number of hydrogen-bond donors (Lipinski definition) is 1. The van der Waals surface area contributed by atoms with Gasteiger partial charge in [-0.05, 0) is 12.1 Å². The van der Waals surface area contributed by atoms with Crippen LogP contribution in [0.5, 0.6) is 0 Å². The molecule has 1 aromatic heterocycles. The second-order valence-corrected chi connectivity index (χ2v) is 5.70. The maximum absolute atomic E-state index is 12.8. The number of hydrazone groups is 1. The van der Waals surface area contributed by atoms with Crippen LogP contribution >= 0.6 is 0 Å². The Balaban J connectivity index is 2.09. The minimum absolute atomic E-state index is 0.0385. The Kier molecular flexibility index (Phi) is 4.65. The first-order valence-electron chi connectivity index (χ1n) is 7.74. The molecule has 2 heterocycles. The number of hydrogen-bond acceptors (Lipinski definition) is 8. The first-order valence-corrected chi connectivity index (χ1v) is 7.74. The molecule has 1 N–H and O–H groups in total. The summed E-state index contributed by atoms with van der Waals surface area (Å²) in [5.41, 5.74) is -2.40. The van der Waals surface area contributed by atoms with Crippen LogP contribution in [0.2, 0.25) is 0 Å². The Morgan fingerprint density at radius 2 is 2.11 bits per heavy atom. The number of esters is 1. The lowest BCUT2D eigenvalue weighted by Crippen LogP contribution is -2.43. The molecule has 10 nitrogen and oxygen atoms in total. The number of carbonyl (C=O) groups excluding carboxylic acids is 2. The van der Waals surface area contributed by atoms with Gasteiger partial charge in [-0.3, -0.25) is 19.9 Å². The summed E-state index contributed by atoms with van der Waals surface area (Å²) in [6.45, 7) is 0. The predicted molar refractivity (Wildman–Crippen MR) is 91.5 cm³/mol. The minimum atomic E-state index is -2.09. The van der Waals surface area contributed by atoms with Gasteiger partial charge >= 0.3 is 5.97 Å². The monoisotopic (exact) mass is 370 g/mol. The van der Waals surface area contributed by atoms with Crippen LogP contribution in [0.25, 0.3) is 0 Å². The molecule has 3 rings (SSSR count). The zero-order chi connectivity index (χ0) is 19.6. The molecule has 0 bridgehead atoms. The van der Waals surface area contributed by atoms with Crippen LogP contribution in [0.3, 0.4) is 0 Å². The average Bonchev–Trinajstić information content (AvgIpc) is 3.06. The summed E-state index contributed by atoms with van der Waals surface area (Å²) in [6, 6.07) is 8.15. The van der Waals surface area contributed by atoms with Gasteiger partial charge in [-0.1, -0.05) is 12.1 Å². The molecule has 1 amide bonds. The van der Waals surface area contributed by atoms with Gasteiger partial charge in [-0.15, -0.1) is 0 Å². The van der Waals surface area contributed by atoms with Crippen molar-refractivity contribution in [2.75, 3.05) is 7.11 Å². The van der Waals surface area contributed by atoms with Gasteiger partial charge in [0, 0.05) is 30.1 Å². The van der Waals surface area contributed by atoms with Crippen molar-refractivity contribution in [3.63, 3.8) is 0 Å². The lowest BCUT2D eigenvalue weighted by atomic mass is 9.96. The lowest BCUT2D eigenvalue weighted by molar-refractivity contribution is -0.385. The summed E-state index contributed by atoms with van der Waals surface area (Å²) in [7, 11) is 1.14. The minimum Gasteiger partial charge on any atom is -0.464 e. The molecular weight excluding hydrogens is 356 g/mol. The second kappa shape index (κ2) is 6.92. The van der Waals surface area contributed by atoms with Crippen molar-refractivity contribution in [3.8, 4) is 0 Å². The van der Waals surface area contributed by atoms with E-state index in [1.807, 2.05) is 0 Å².